The molecule has 0 atom stereocenters. The van der Waals surface area contributed by atoms with Gasteiger partial charge in [-0.05, 0) is 85.6 Å². The molecular weight excluding hydrogens is 587 g/mol. The van der Waals surface area contributed by atoms with Gasteiger partial charge in [0.15, 0.2) is 0 Å². The maximum absolute atomic E-state index is 2.49. The second-order valence-corrected chi connectivity index (χ2v) is 14.4. The van der Waals surface area contributed by atoms with Crippen molar-refractivity contribution in [2.75, 3.05) is 4.90 Å². The SMILES string of the molecule is CC1(C)c2ccccc2-c2cc(N(c3ccc4ccccc4c3)c3cccc4sc5c(ccc6ccc7ccccc7c65)c34)ccc21. The van der Waals surface area contributed by atoms with Gasteiger partial charge in [-0.25, -0.2) is 0 Å². The first kappa shape index (κ1) is 26.7. The zero-order chi connectivity index (χ0) is 31.3. The number of hydrogen-bond acceptors (Lipinski definition) is 2. The van der Waals surface area contributed by atoms with Crippen molar-refractivity contribution in [1.82, 2.24) is 0 Å². The summed E-state index contributed by atoms with van der Waals surface area (Å²) < 4.78 is 2.65. The Morgan fingerprint density at radius 1 is 0.468 bits per heavy atom. The molecule has 1 aliphatic carbocycles. The third kappa shape index (κ3) is 3.83. The normalized spacial score (nSPS) is 13.5. The highest BCUT2D eigenvalue weighted by Gasteiger charge is 2.35. The number of hydrogen-bond donors (Lipinski definition) is 0. The lowest BCUT2D eigenvalue weighted by molar-refractivity contribution is 0.660. The standard InChI is InChI=1S/C45H31NS/c1-45(2)38-15-8-7-14-35(38)37-27-33(23-25-39(37)45)46(32-22-20-28-10-3-4-12-31(28)26-32)40-16-9-17-41-43(40)36-24-21-30-19-18-29-11-5-6-13-34(29)42(30)44(36)47-41/h3-27H,1-2H3. The molecule has 1 aromatic heterocycles. The molecule has 0 saturated carbocycles. The molecule has 0 fully saturated rings. The molecular formula is C45H31NS. The van der Waals surface area contributed by atoms with Gasteiger partial charge in [0.05, 0.1) is 5.69 Å². The summed E-state index contributed by atoms with van der Waals surface area (Å²) in [6.45, 7) is 4.70. The Morgan fingerprint density at radius 2 is 1.15 bits per heavy atom. The van der Waals surface area contributed by atoms with Gasteiger partial charge in [-0.3, -0.25) is 0 Å². The minimum absolute atomic E-state index is 0.0361. The van der Waals surface area contributed by atoms with E-state index in [0.29, 0.717) is 0 Å². The molecule has 10 rings (SSSR count). The Hall–Kier alpha value is -5.44. The predicted molar refractivity (Wildman–Crippen MR) is 204 cm³/mol. The van der Waals surface area contributed by atoms with Gasteiger partial charge >= 0.3 is 0 Å². The van der Waals surface area contributed by atoms with Crippen LogP contribution in [0.1, 0.15) is 25.0 Å². The van der Waals surface area contributed by atoms with Gasteiger partial charge in [-0.2, -0.15) is 0 Å². The number of rotatable bonds is 3. The van der Waals surface area contributed by atoms with Crippen molar-refractivity contribution in [2.24, 2.45) is 0 Å². The molecule has 0 bridgehead atoms. The summed E-state index contributed by atoms with van der Waals surface area (Å²) in [4.78, 5) is 2.49. The number of anilines is 3. The molecule has 2 heteroatoms. The fraction of sp³-hybridized carbons (Fsp3) is 0.0667. The van der Waals surface area contributed by atoms with E-state index in [9.17, 15) is 0 Å². The minimum atomic E-state index is -0.0361. The summed E-state index contributed by atoms with van der Waals surface area (Å²) in [5.41, 5.74) is 8.95. The zero-order valence-electron chi connectivity index (χ0n) is 26.3. The smallest absolute Gasteiger partial charge is 0.0554 e. The average molecular weight is 618 g/mol. The number of benzene rings is 8. The van der Waals surface area contributed by atoms with Crippen LogP contribution >= 0.6 is 11.3 Å². The van der Waals surface area contributed by atoms with E-state index in [2.05, 4.69) is 170 Å². The summed E-state index contributed by atoms with van der Waals surface area (Å²) in [5.74, 6) is 0. The Balaban J connectivity index is 1.28. The molecule has 8 aromatic carbocycles. The first-order valence-electron chi connectivity index (χ1n) is 16.4. The van der Waals surface area contributed by atoms with E-state index in [-0.39, 0.29) is 5.41 Å². The summed E-state index contributed by atoms with van der Waals surface area (Å²) >= 11 is 1.91. The zero-order valence-corrected chi connectivity index (χ0v) is 27.1. The number of nitrogens with zero attached hydrogens (tertiary/aromatic N) is 1. The maximum Gasteiger partial charge on any atom is 0.0554 e. The molecule has 9 aromatic rings. The predicted octanol–water partition coefficient (Wildman–Crippen LogP) is 13.3. The monoisotopic (exact) mass is 617 g/mol. The van der Waals surface area contributed by atoms with Crippen molar-refractivity contribution in [1.29, 1.82) is 0 Å². The molecule has 0 radical (unpaired) electrons. The molecule has 47 heavy (non-hydrogen) atoms. The molecule has 0 aliphatic heterocycles. The van der Waals surface area contributed by atoms with Crippen LogP contribution in [-0.2, 0) is 5.41 Å². The van der Waals surface area contributed by atoms with Crippen molar-refractivity contribution >= 4 is 80.9 Å². The van der Waals surface area contributed by atoms with Crippen molar-refractivity contribution in [3.63, 3.8) is 0 Å². The lowest BCUT2D eigenvalue weighted by Gasteiger charge is -2.28. The molecule has 0 spiro atoms. The summed E-state index contributed by atoms with van der Waals surface area (Å²) in [7, 11) is 0. The number of fused-ring (bicyclic) bond motifs is 11. The molecule has 0 amide bonds. The molecule has 222 valence electrons. The van der Waals surface area contributed by atoms with E-state index >= 15 is 0 Å². The van der Waals surface area contributed by atoms with Crippen molar-refractivity contribution in [3.8, 4) is 11.1 Å². The van der Waals surface area contributed by atoms with E-state index in [1.165, 1.54) is 86.1 Å². The van der Waals surface area contributed by atoms with Gasteiger partial charge in [0, 0.05) is 42.3 Å². The van der Waals surface area contributed by atoms with E-state index in [0.717, 1.165) is 5.69 Å². The largest absolute Gasteiger partial charge is 0.310 e. The molecule has 0 unspecified atom stereocenters. The average Bonchev–Trinajstić information content (AvgIpc) is 3.61. The van der Waals surface area contributed by atoms with Gasteiger partial charge in [-0.15, -0.1) is 11.3 Å². The highest BCUT2D eigenvalue weighted by Crippen LogP contribution is 2.52. The third-order valence-corrected chi connectivity index (χ3v) is 11.6. The van der Waals surface area contributed by atoms with Gasteiger partial charge in [0.2, 0.25) is 0 Å². The quantitative estimate of drug-likeness (QED) is 0.178. The number of thiophene rings is 1. The molecule has 1 heterocycles. The molecule has 1 nitrogen and oxygen atoms in total. The van der Waals surface area contributed by atoms with Crippen LogP contribution in [0.4, 0.5) is 17.1 Å². The van der Waals surface area contributed by atoms with Crippen LogP contribution in [0.15, 0.2) is 152 Å². The minimum Gasteiger partial charge on any atom is -0.310 e. The van der Waals surface area contributed by atoms with Gasteiger partial charge in [-0.1, -0.05) is 129 Å². The summed E-state index contributed by atoms with van der Waals surface area (Å²) in [5, 5.41) is 10.3. The van der Waals surface area contributed by atoms with Crippen molar-refractivity contribution < 1.29 is 0 Å². The first-order chi connectivity index (χ1) is 23.1. The van der Waals surface area contributed by atoms with Crippen molar-refractivity contribution in [2.45, 2.75) is 19.3 Å². The van der Waals surface area contributed by atoms with Crippen LogP contribution in [0.2, 0.25) is 0 Å². The highest BCUT2D eigenvalue weighted by molar-refractivity contribution is 7.27. The topological polar surface area (TPSA) is 3.24 Å². The van der Waals surface area contributed by atoms with E-state index in [1.807, 2.05) is 11.3 Å². The van der Waals surface area contributed by atoms with E-state index in [1.54, 1.807) is 0 Å². The Morgan fingerprint density at radius 3 is 2.06 bits per heavy atom. The molecule has 1 aliphatic rings. The van der Waals surface area contributed by atoms with Crippen LogP contribution in [0, 0.1) is 0 Å². The lowest BCUT2D eigenvalue weighted by Crippen LogP contribution is -2.15. The van der Waals surface area contributed by atoms with Crippen LogP contribution in [0.5, 0.6) is 0 Å². The molecule has 0 saturated heterocycles. The Labute approximate surface area is 278 Å². The fourth-order valence-corrected chi connectivity index (χ4v) is 9.42. The van der Waals surface area contributed by atoms with Crippen molar-refractivity contribution in [3.05, 3.63) is 163 Å². The second-order valence-electron chi connectivity index (χ2n) is 13.3. The summed E-state index contributed by atoms with van der Waals surface area (Å²) in [6, 6.07) is 56.4. The lowest BCUT2D eigenvalue weighted by atomic mass is 9.82. The second kappa shape index (κ2) is 9.78. The third-order valence-electron chi connectivity index (χ3n) is 10.4. The maximum atomic E-state index is 2.49. The Kier molecular flexibility index (Phi) is 5.57. The van der Waals surface area contributed by atoms with Crippen LogP contribution < -0.4 is 4.90 Å². The van der Waals surface area contributed by atoms with Gasteiger partial charge in [0.1, 0.15) is 0 Å². The van der Waals surface area contributed by atoms with Crippen LogP contribution in [0.25, 0.3) is 63.6 Å². The highest BCUT2D eigenvalue weighted by atomic mass is 32.1. The first-order valence-corrected chi connectivity index (χ1v) is 17.2. The Bertz CT molecular complexity index is 2730. The van der Waals surface area contributed by atoms with Gasteiger partial charge < -0.3 is 4.90 Å². The van der Waals surface area contributed by atoms with E-state index < -0.39 is 0 Å². The molecule has 0 N–H and O–H groups in total. The van der Waals surface area contributed by atoms with Crippen LogP contribution in [-0.4, -0.2) is 0 Å². The van der Waals surface area contributed by atoms with Crippen LogP contribution in [0.3, 0.4) is 0 Å². The van der Waals surface area contributed by atoms with E-state index in [4.69, 9.17) is 0 Å². The fourth-order valence-electron chi connectivity index (χ4n) is 8.13. The summed E-state index contributed by atoms with van der Waals surface area (Å²) in [6.07, 6.45) is 0. The van der Waals surface area contributed by atoms with Gasteiger partial charge in [0.25, 0.3) is 0 Å².